The van der Waals surface area contributed by atoms with E-state index in [0.29, 0.717) is 12.3 Å². The van der Waals surface area contributed by atoms with Crippen LogP contribution < -0.4 is 5.32 Å². The topological polar surface area (TPSA) is 55.4 Å². The summed E-state index contributed by atoms with van der Waals surface area (Å²) in [4.78, 5) is 25.7. The molecule has 0 aliphatic carbocycles. The monoisotopic (exact) mass is 375 g/mol. The van der Waals surface area contributed by atoms with E-state index in [4.69, 9.17) is 4.74 Å². The number of nitrogens with one attached hydrogen (secondary N) is 1. The van der Waals surface area contributed by atoms with Gasteiger partial charge in [0.25, 0.3) is 5.24 Å². The summed E-state index contributed by atoms with van der Waals surface area (Å²) >= 11 is 2.75. The highest BCUT2D eigenvalue weighted by Crippen LogP contribution is 2.20. The molecule has 0 fully saturated rings. The lowest BCUT2D eigenvalue weighted by Crippen LogP contribution is -2.26. The van der Waals surface area contributed by atoms with Crippen LogP contribution in [0.5, 0.6) is 0 Å². The van der Waals surface area contributed by atoms with Crippen LogP contribution in [0.15, 0.2) is 70.5 Å². The number of carbonyl (C=O) groups excluding carboxylic acids is 2. The summed E-state index contributed by atoms with van der Waals surface area (Å²) < 4.78 is 5.22. The molecule has 2 rings (SSSR count). The molecular formula is C19H21NO3S2. The molecule has 0 aromatic heterocycles. The van der Waals surface area contributed by atoms with E-state index < -0.39 is 0 Å². The Balaban J connectivity index is 1.59. The average Bonchev–Trinajstić information content (AvgIpc) is 2.64. The Morgan fingerprint density at radius 3 is 2.24 bits per heavy atom. The molecule has 1 unspecified atom stereocenters. The molecule has 132 valence electrons. The first-order valence-electron chi connectivity index (χ1n) is 8.00. The van der Waals surface area contributed by atoms with Gasteiger partial charge in [0.15, 0.2) is 0 Å². The highest BCUT2D eigenvalue weighted by atomic mass is 32.2. The van der Waals surface area contributed by atoms with Gasteiger partial charge in [0.2, 0.25) is 0 Å². The van der Waals surface area contributed by atoms with Gasteiger partial charge in [-0.3, -0.25) is 9.59 Å². The van der Waals surface area contributed by atoms with Crippen molar-refractivity contribution >= 4 is 34.7 Å². The van der Waals surface area contributed by atoms with E-state index in [1.807, 2.05) is 67.6 Å². The maximum absolute atomic E-state index is 11.9. The van der Waals surface area contributed by atoms with Crippen LogP contribution in [0.4, 0.5) is 4.79 Å². The van der Waals surface area contributed by atoms with Crippen molar-refractivity contribution in [2.75, 3.05) is 18.9 Å². The number of carbonyl (C=O) groups is 2. The normalized spacial score (nSPS) is 11.6. The van der Waals surface area contributed by atoms with E-state index in [1.165, 1.54) is 0 Å². The molecule has 0 aliphatic heterocycles. The largest absolute Gasteiger partial charge is 0.464 e. The number of hydrogen-bond acceptors (Lipinski definition) is 5. The number of rotatable bonds is 8. The Bertz CT molecular complexity index is 665. The van der Waals surface area contributed by atoms with E-state index in [2.05, 4.69) is 5.32 Å². The summed E-state index contributed by atoms with van der Waals surface area (Å²) in [5.41, 5.74) is 0. The quantitative estimate of drug-likeness (QED) is 0.419. The molecule has 4 nitrogen and oxygen atoms in total. The first kappa shape index (κ1) is 19.4. The average molecular weight is 376 g/mol. The number of thioether (sulfide) groups is 2. The number of hydrogen-bond donors (Lipinski definition) is 1. The molecule has 0 aliphatic rings. The predicted molar refractivity (Wildman–Crippen MR) is 103 cm³/mol. The molecule has 0 heterocycles. The van der Waals surface area contributed by atoms with Gasteiger partial charge in [-0.1, -0.05) is 43.3 Å². The Hall–Kier alpha value is -1.92. The van der Waals surface area contributed by atoms with Gasteiger partial charge in [0, 0.05) is 15.5 Å². The third kappa shape index (κ3) is 7.67. The summed E-state index contributed by atoms with van der Waals surface area (Å²) in [5.74, 6) is 0.229. The first-order chi connectivity index (χ1) is 12.1. The maximum Gasteiger partial charge on any atom is 0.309 e. The Morgan fingerprint density at radius 2 is 1.60 bits per heavy atom. The minimum atomic E-state index is -0.242. The summed E-state index contributed by atoms with van der Waals surface area (Å²) in [6.45, 7) is 2.34. The fourth-order valence-electron chi connectivity index (χ4n) is 1.88. The van der Waals surface area contributed by atoms with E-state index in [1.54, 1.807) is 11.8 Å². The van der Waals surface area contributed by atoms with Gasteiger partial charge >= 0.3 is 5.97 Å². The number of ether oxygens (including phenoxy) is 1. The van der Waals surface area contributed by atoms with Gasteiger partial charge < -0.3 is 10.1 Å². The van der Waals surface area contributed by atoms with Gasteiger partial charge in [-0.05, 0) is 36.0 Å². The van der Waals surface area contributed by atoms with Crippen molar-refractivity contribution in [1.82, 2.24) is 5.32 Å². The molecule has 25 heavy (non-hydrogen) atoms. The zero-order valence-corrected chi connectivity index (χ0v) is 15.6. The second-order valence-corrected chi connectivity index (χ2v) is 7.46. The summed E-state index contributed by atoms with van der Waals surface area (Å²) in [7, 11) is 0. The van der Waals surface area contributed by atoms with Crippen LogP contribution in [0.25, 0.3) is 0 Å². The fourth-order valence-corrected chi connectivity index (χ4v) is 3.49. The molecule has 1 N–H and O–H groups in total. The maximum atomic E-state index is 11.9. The molecule has 0 saturated heterocycles. The van der Waals surface area contributed by atoms with Crippen LogP contribution in [0, 0.1) is 5.92 Å². The smallest absolute Gasteiger partial charge is 0.309 e. The highest BCUT2D eigenvalue weighted by Gasteiger charge is 2.15. The molecule has 2 aromatic carbocycles. The SMILES string of the molecule is CC(CSc1ccccc1)C(=O)OCCNC(=O)Sc1ccccc1. The fraction of sp³-hybridized carbons (Fsp3) is 0.263. The third-order valence-corrected chi connectivity index (χ3v) is 5.32. The van der Waals surface area contributed by atoms with Gasteiger partial charge in [0.05, 0.1) is 12.5 Å². The third-order valence-electron chi connectivity index (χ3n) is 3.22. The molecule has 0 saturated carbocycles. The lowest BCUT2D eigenvalue weighted by molar-refractivity contribution is -0.146. The standard InChI is InChI=1S/C19H21NO3S2/c1-15(14-24-16-8-4-2-5-9-16)18(21)23-13-12-20-19(22)25-17-10-6-3-7-11-17/h2-11,15H,12-14H2,1H3,(H,20,22). The van der Waals surface area contributed by atoms with Crippen LogP contribution >= 0.6 is 23.5 Å². The van der Waals surface area contributed by atoms with Crippen LogP contribution in [-0.2, 0) is 9.53 Å². The van der Waals surface area contributed by atoms with Crippen LogP contribution in [0.2, 0.25) is 0 Å². The number of amides is 1. The lowest BCUT2D eigenvalue weighted by Gasteiger charge is -2.11. The minimum absolute atomic E-state index is 0.157. The molecule has 1 atom stereocenters. The Morgan fingerprint density at radius 1 is 1.00 bits per heavy atom. The molecular weight excluding hydrogens is 354 g/mol. The number of esters is 1. The van der Waals surface area contributed by atoms with Crippen LogP contribution in [0.1, 0.15) is 6.92 Å². The second kappa shape index (κ2) is 10.8. The van der Waals surface area contributed by atoms with Gasteiger partial charge in [-0.25, -0.2) is 0 Å². The van der Waals surface area contributed by atoms with Crippen molar-refractivity contribution in [2.24, 2.45) is 5.92 Å². The predicted octanol–water partition coefficient (Wildman–Crippen LogP) is 4.46. The Labute approximate surface area is 156 Å². The van der Waals surface area contributed by atoms with Crippen molar-refractivity contribution < 1.29 is 14.3 Å². The van der Waals surface area contributed by atoms with E-state index in [-0.39, 0.29) is 23.7 Å². The van der Waals surface area contributed by atoms with E-state index in [9.17, 15) is 9.59 Å². The summed E-state index contributed by atoms with van der Waals surface area (Å²) in [6.07, 6.45) is 0. The number of benzene rings is 2. The van der Waals surface area contributed by atoms with Gasteiger partial charge in [-0.15, -0.1) is 11.8 Å². The van der Waals surface area contributed by atoms with Crippen molar-refractivity contribution in [3.8, 4) is 0 Å². The second-order valence-electron chi connectivity index (χ2n) is 5.32. The first-order valence-corrected chi connectivity index (χ1v) is 9.80. The molecule has 1 amide bonds. The van der Waals surface area contributed by atoms with Crippen LogP contribution in [0.3, 0.4) is 0 Å². The van der Waals surface area contributed by atoms with Crippen molar-refractivity contribution in [3.63, 3.8) is 0 Å². The molecule has 0 spiro atoms. The van der Waals surface area contributed by atoms with Gasteiger partial charge in [0.1, 0.15) is 6.61 Å². The van der Waals surface area contributed by atoms with Gasteiger partial charge in [-0.2, -0.15) is 0 Å². The van der Waals surface area contributed by atoms with E-state index >= 15 is 0 Å². The van der Waals surface area contributed by atoms with Crippen molar-refractivity contribution in [3.05, 3.63) is 60.7 Å². The highest BCUT2D eigenvalue weighted by molar-refractivity contribution is 8.13. The van der Waals surface area contributed by atoms with Crippen LogP contribution in [-0.4, -0.2) is 30.1 Å². The zero-order chi connectivity index (χ0) is 17.9. The Kier molecular flexibility index (Phi) is 8.42. The summed E-state index contributed by atoms with van der Waals surface area (Å²) in [6, 6.07) is 19.4. The zero-order valence-electron chi connectivity index (χ0n) is 14.0. The molecule has 0 bridgehead atoms. The summed E-state index contributed by atoms with van der Waals surface area (Å²) in [5, 5.41) is 2.57. The molecule has 2 aromatic rings. The minimum Gasteiger partial charge on any atom is -0.464 e. The van der Waals surface area contributed by atoms with E-state index in [0.717, 1.165) is 21.6 Å². The lowest BCUT2D eigenvalue weighted by atomic mass is 10.2. The van der Waals surface area contributed by atoms with Crippen molar-refractivity contribution in [1.29, 1.82) is 0 Å². The molecule has 0 radical (unpaired) electrons. The molecule has 6 heteroatoms. The van der Waals surface area contributed by atoms with Crippen molar-refractivity contribution in [2.45, 2.75) is 16.7 Å².